The third-order valence-electron chi connectivity index (χ3n) is 2.60. The van der Waals surface area contributed by atoms with Crippen molar-refractivity contribution in [2.75, 3.05) is 7.11 Å². The fourth-order valence-corrected chi connectivity index (χ4v) is 3.17. The van der Waals surface area contributed by atoms with Crippen molar-refractivity contribution in [2.24, 2.45) is 0 Å². The molecule has 0 fully saturated rings. The van der Waals surface area contributed by atoms with Crippen LogP contribution in [0.2, 0.25) is 0 Å². The van der Waals surface area contributed by atoms with Gasteiger partial charge in [-0.25, -0.2) is 0 Å². The molecule has 0 spiro atoms. The Hall–Kier alpha value is -1.53. The topological polar surface area (TPSA) is 52.6 Å². The van der Waals surface area contributed by atoms with E-state index in [0.29, 0.717) is 10.2 Å². The molecular weight excluding hydrogens is 344 g/mol. The Morgan fingerprint density at radius 2 is 1.80 bits per heavy atom. The number of methoxy groups -OCH3 is 1. The van der Waals surface area contributed by atoms with E-state index >= 15 is 0 Å². The monoisotopic (exact) mass is 356 g/mol. The molecule has 0 heterocycles. The molecule has 0 saturated carbocycles. The van der Waals surface area contributed by atoms with Gasteiger partial charge in [0.25, 0.3) is 0 Å². The Labute approximate surface area is 126 Å². The zero-order valence-corrected chi connectivity index (χ0v) is 13.4. The molecule has 106 valence electrons. The normalized spacial score (nSPS) is 11.2. The summed E-state index contributed by atoms with van der Waals surface area (Å²) >= 11 is 3.23. The molecule has 0 aromatic heterocycles. The predicted molar refractivity (Wildman–Crippen MR) is 79.7 cm³/mol. The molecule has 4 nitrogen and oxygen atoms in total. The molecule has 2 aromatic rings. The van der Waals surface area contributed by atoms with Crippen molar-refractivity contribution in [3.8, 4) is 11.5 Å². The van der Waals surface area contributed by atoms with Crippen molar-refractivity contribution < 1.29 is 17.3 Å². The quantitative estimate of drug-likeness (QED) is 0.786. The molecule has 2 rings (SSSR count). The molecule has 0 unspecified atom stereocenters. The number of hydrogen-bond donors (Lipinski definition) is 0. The lowest BCUT2D eigenvalue weighted by Gasteiger charge is -2.11. The molecule has 20 heavy (non-hydrogen) atoms. The second-order valence-corrected chi connectivity index (χ2v) is 6.61. The molecule has 6 heteroatoms. The molecule has 0 saturated heterocycles. The zero-order chi connectivity index (χ0) is 14.8. The van der Waals surface area contributed by atoms with Crippen LogP contribution in [-0.4, -0.2) is 15.5 Å². The van der Waals surface area contributed by atoms with Crippen molar-refractivity contribution in [1.29, 1.82) is 0 Å². The van der Waals surface area contributed by atoms with Gasteiger partial charge in [0.15, 0.2) is 11.5 Å². The van der Waals surface area contributed by atoms with Gasteiger partial charge in [-0.2, -0.15) is 8.42 Å². The fraction of sp³-hybridized carbons (Fsp3) is 0.143. The molecule has 2 aromatic carbocycles. The lowest BCUT2D eigenvalue weighted by Crippen LogP contribution is -2.10. The van der Waals surface area contributed by atoms with Crippen molar-refractivity contribution in [3.63, 3.8) is 0 Å². The average molecular weight is 357 g/mol. The summed E-state index contributed by atoms with van der Waals surface area (Å²) in [6.07, 6.45) is 0. The van der Waals surface area contributed by atoms with Gasteiger partial charge in [-0.1, -0.05) is 28.1 Å². The first-order chi connectivity index (χ1) is 9.42. The van der Waals surface area contributed by atoms with Gasteiger partial charge in [0.05, 0.1) is 7.11 Å². The van der Waals surface area contributed by atoms with Gasteiger partial charge >= 0.3 is 10.1 Å². The van der Waals surface area contributed by atoms with E-state index < -0.39 is 10.1 Å². The van der Waals surface area contributed by atoms with Crippen LogP contribution < -0.4 is 8.92 Å². The van der Waals surface area contributed by atoms with Crippen LogP contribution in [0, 0.1) is 6.92 Å². The highest BCUT2D eigenvalue weighted by atomic mass is 79.9. The second-order valence-electron chi connectivity index (χ2n) is 4.15. The van der Waals surface area contributed by atoms with Crippen LogP contribution in [0.3, 0.4) is 0 Å². The van der Waals surface area contributed by atoms with Crippen LogP contribution in [0.5, 0.6) is 11.5 Å². The minimum Gasteiger partial charge on any atom is -0.493 e. The fourth-order valence-electron chi connectivity index (χ4n) is 1.63. The Bertz CT molecular complexity index is 726. The Morgan fingerprint density at radius 1 is 1.05 bits per heavy atom. The number of ether oxygens (including phenoxy) is 1. The average Bonchev–Trinajstić information content (AvgIpc) is 2.40. The molecule has 0 radical (unpaired) electrons. The van der Waals surface area contributed by atoms with E-state index in [2.05, 4.69) is 15.9 Å². The van der Waals surface area contributed by atoms with E-state index in [1.54, 1.807) is 30.3 Å². The van der Waals surface area contributed by atoms with Crippen molar-refractivity contribution in [3.05, 3.63) is 52.5 Å². The van der Waals surface area contributed by atoms with Gasteiger partial charge in [-0.3, -0.25) is 0 Å². The number of halogens is 1. The highest BCUT2D eigenvalue weighted by Crippen LogP contribution is 2.30. The second kappa shape index (κ2) is 5.85. The summed E-state index contributed by atoms with van der Waals surface area (Å²) in [5.74, 6) is 0.543. The summed E-state index contributed by atoms with van der Waals surface area (Å²) in [5, 5.41) is 0. The first-order valence-corrected chi connectivity index (χ1v) is 7.97. The maximum absolute atomic E-state index is 12.2. The lowest BCUT2D eigenvalue weighted by atomic mass is 10.2. The maximum Gasteiger partial charge on any atom is 0.339 e. The van der Waals surface area contributed by atoms with Crippen molar-refractivity contribution in [2.45, 2.75) is 11.8 Å². The van der Waals surface area contributed by atoms with Gasteiger partial charge in [-0.05, 0) is 42.8 Å². The first-order valence-electron chi connectivity index (χ1n) is 5.77. The Balaban J connectivity index is 2.38. The minimum atomic E-state index is -3.89. The summed E-state index contributed by atoms with van der Waals surface area (Å²) in [5.41, 5.74) is 0.953. The van der Waals surface area contributed by atoms with Crippen LogP contribution in [0.1, 0.15) is 5.56 Å². The van der Waals surface area contributed by atoms with Crippen molar-refractivity contribution in [1.82, 2.24) is 0 Å². The molecule has 0 aliphatic carbocycles. The SMILES string of the molecule is COc1cc(C)ccc1OS(=O)(=O)c1cccc(Br)c1. The van der Waals surface area contributed by atoms with E-state index in [1.165, 1.54) is 19.2 Å². The van der Waals surface area contributed by atoms with Gasteiger partial charge < -0.3 is 8.92 Å². The van der Waals surface area contributed by atoms with E-state index in [9.17, 15) is 8.42 Å². The Morgan fingerprint density at radius 3 is 2.45 bits per heavy atom. The van der Waals surface area contributed by atoms with Crippen LogP contribution in [0.4, 0.5) is 0 Å². The molecule has 0 aliphatic heterocycles. The molecular formula is C14H13BrO4S. The molecule has 0 aliphatic rings. The van der Waals surface area contributed by atoms with Gasteiger partial charge in [0, 0.05) is 4.47 Å². The molecule has 0 amide bonds. The maximum atomic E-state index is 12.2. The van der Waals surface area contributed by atoms with Crippen LogP contribution in [0.25, 0.3) is 0 Å². The van der Waals surface area contributed by atoms with E-state index in [-0.39, 0.29) is 10.6 Å². The van der Waals surface area contributed by atoms with Crippen LogP contribution >= 0.6 is 15.9 Å². The van der Waals surface area contributed by atoms with Gasteiger partial charge in [0.1, 0.15) is 4.90 Å². The van der Waals surface area contributed by atoms with E-state index in [4.69, 9.17) is 8.92 Å². The standard InChI is InChI=1S/C14H13BrO4S/c1-10-6-7-13(14(8-10)18-2)19-20(16,17)12-5-3-4-11(15)9-12/h3-9H,1-2H3. The first kappa shape index (κ1) is 14.9. The van der Waals surface area contributed by atoms with E-state index in [0.717, 1.165) is 5.56 Å². The molecule has 0 N–H and O–H groups in total. The van der Waals surface area contributed by atoms with Crippen molar-refractivity contribution >= 4 is 26.0 Å². The highest BCUT2D eigenvalue weighted by Gasteiger charge is 2.19. The smallest absolute Gasteiger partial charge is 0.339 e. The van der Waals surface area contributed by atoms with Gasteiger partial charge in [-0.15, -0.1) is 0 Å². The van der Waals surface area contributed by atoms with Gasteiger partial charge in [0.2, 0.25) is 0 Å². The predicted octanol–water partition coefficient (Wildman–Crippen LogP) is 3.53. The summed E-state index contributed by atoms with van der Waals surface area (Å²) in [6.45, 7) is 1.88. The summed E-state index contributed by atoms with van der Waals surface area (Å²) < 4.78 is 35.4. The summed E-state index contributed by atoms with van der Waals surface area (Å²) in [7, 11) is -2.43. The summed E-state index contributed by atoms with van der Waals surface area (Å²) in [4.78, 5) is 0.0782. The van der Waals surface area contributed by atoms with E-state index in [1.807, 2.05) is 6.92 Å². The number of aryl methyl sites for hydroxylation is 1. The molecule has 0 bridgehead atoms. The number of hydrogen-bond acceptors (Lipinski definition) is 4. The molecule has 0 atom stereocenters. The number of rotatable bonds is 4. The zero-order valence-electron chi connectivity index (χ0n) is 11.0. The number of benzene rings is 2. The summed E-state index contributed by atoms with van der Waals surface area (Å²) in [6, 6.07) is 11.4. The lowest BCUT2D eigenvalue weighted by molar-refractivity contribution is 0.390. The highest BCUT2D eigenvalue weighted by molar-refractivity contribution is 9.10. The van der Waals surface area contributed by atoms with Crippen LogP contribution in [-0.2, 0) is 10.1 Å². The third kappa shape index (κ3) is 3.32. The Kier molecular flexibility index (Phi) is 4.35. The third-order valence-corrected chi connectivity index (χ3v) is 4.33. The minimum absolute atomic E-state index is 0.0782. The largest absolute Gasteiger partial charge is 0.493 e. The van der Waals surface area contributed by atoms with Crippen LogP contribution in [0.15, 0.2) is 51.8 Å².